The molecule has 3 rings (SSSR count). The first-order valence-electron chi connectivity index (χ1n) is 5.41. The third-order valence-corrected chi connectivity index (χ3v) is 3.58. The van der Waals surface area contributed by atoms with E-state index >= 15 is 0 Å². The molecule has 3 nitrogen and oxygen atoms in total. The maximum Gasteiger partial charge on any atom is 0.284 e. The zero-order valence-electron chi connectivity index (χ0n) is 9.28. The van der Waals surface area contributed by atoms with Gasteiger partial charge in [0.2, 0.25) is 0 Å². The second-order valence-corrected chi connectivity index (χ2v) is 4.78. The van der Waals surface area contributed by atoms with Crippen LogP contribution in [0.1, 0.15) is 0 Å². The first-order valence-corrected chi connectivity index (χ1v) is 6.22. The summed E-state index contributed by atoms with van der Waals surface area (Å²) >= 11 is 1.69. The molecule has 0 saturated carbocycles. The van der Waals surface area contributed by atoms with Gasteiger partial charge in [-0.05, 0) is 12.1 Å². The molecule has 0 fully saturated rings. The molecule has 2 heterocycles. The largest absolute Gasteiger partial charge is 0.284 e. The van der Waals surface area contributed by atoms with Crippen LogP contribution in [0.2, 0.25) is 0 Å². The molecule has 0 N–H and O–H groups in total. The van der Waals surface area contributed by atoms with Crippen LogP contribution in [-0.2, 0) is 6.54 Å². The maximum absolute atomic E-state index is 4.60. The van der Waals surface area contributed by atoms with Crippen LogP contribution in [0.15, 0.2) is 55.6 Å². The van der Waals surface area contributed by atoms with Gasteiger partial charge in [0.15, 0.2) is 0 Å². The normalized spacial score (nSPS) is 10.8. The highest BCUT2D eigenvalue weighted by Gasteiger charge is 2.10. The minimum Gasteiger partial charge on any atom is -0.233 e. The number of fused-ring (bicyclic) bond motifs is 1. The molecule has 0 atom stereocenters. The van der Waals surface area contributed by atoms with Gasteiger partial charge in [-0.1, -0.05) is 36.1 Å². The van der Waals surface area contributed by atoms with Crippen LogP contribution in [0.25, 0.3) is 15.3 Å². The first-order chi connectivity index (χ1) is 8.36. The lowest BCUT2D eigenvalue weighted by Crippen LogP contribution is -2.29. The summed E-state index contributed by atoms with van der Waals surface area (Å²) in [7, 11) is 0. The molecule has 3 aromatic rings. The Hall–Kier alpha value is -1.94. The van der Waals surface area contributed by atoms with Crippen molar-refractivity contribution in [2.75, 3.05) is 0 Å². The van der Waals surface area contributed by atoms with Crippen molar-refractivity contribution in [2.45, 2.75) is 6.54 Å². The fourth-order valence-electron chi connectivity index (χ4n) is 1.73. The van der Waals surface area contributed by atoms with E-state index in [1.807, 2.05) is 47.6 Å². The second kappa shape index (κ2) is 4.14. The Balaban J connectivity index is 2.04. The molecular formula is C13H12N3S+. The molecule has 0 saturated heterocycles. The standard InChI is InChI=1S/C13H12N3S/c1-2-7-15-8-9-16(10-15)13-14-11-5-3-4-6-12(11)17-13/h2-6,8-10H,1,7H2/q+1. The number of hydrogen-bond acceptors (Lipinski definition) is 2. The summed E-state index contributed by atoms with van der Waals surface area (Å²) in [6, 6.07) is 8.19. The van der Waals surface area contributed by atoms with Crippen LogP contribution in [0.5, 0.6) is 0 Å². The fourth-order valence-corrected chi connectivity index (χ4v) is 2.65. The van der Waals surface area contributed by atoms with Gasteiger partial charge in [-0.3, -0.25) is 0 Å². The van der Waals surface area contributed by atoms with E-state index in [1.54, 1.807) is 11.3 Å². The van der Waals surface area contributed by atoms with Gasteiger partial charge in [0.05, 0.1) is 10.2 Å². The molecule has 1 aromatic carbocycles. The molecule has 0 aliphatic rings. The average molecular weight is 242 g/mol. The van der Waals surface area contributed by atoms with E-state index < -0.39 is 0 Å². The van der Waals surface area contributed by atoms with Gasteiger partial charge in [-0.2, -0.15) is 9.55 Å². The minimum atomic E-state index is 0.817. The van der Waals surface area contributed by atoms with Gasteiger partial charge < -0.3 is 0 Å². The Morgan fingerprint density at radius 1 is 1.41 bits per heavy atom. The monoisotopic (exact) mass is 242 g/mol. The number of nitrogens with zero attached hydrogens (tertiary/aromatic N) is 3. The van der Waals surface area contributed by atoms with Crippen molar-refractivity contribution < 1.29 is 4.57 Å². The summed E-state index contributed by atoms with van der Waals surface area (Å²) in [5.41, 5.74) is 1.05. The predicted molar refractivity (Wildman–Crippen MR) is 69.3 cm³/mol. The highest BCUT2D eigenvalue weighted by atomic mass is 32.1. The van der Waals surface area contributed by atoms with Gasteiger partial charge in [-0.25, -0.2) is 4.57 Å². The summed E-state index contributed by atoms with van der Waals surface area (Å²) in [6.07, 6.45) is 7.94. The predicted octanol–water partition coefficient (Wildman–Crippen LogP) is 2.56. The van der Waals surface area contributed by atoms with Crippen molar-refractivity contribution in [1.82, 2.24) is 9.55 Å². The third kappa shape index (κ3) is 1.87. The number of aromatic nitrogens is 3. The van der Waals surface area contributed by atoms with Crippen LogP contribution in [0, 0.1) is 0 Å². The van der Waals surface area contributed by atoms with Gasteiger partial charge in [0, 0.05) is 0 Å². The Kier molecular flexibility index (Phi) is 2.49. The van der Waals surface area contributed by atoms with Crippen molar-refractivity contribution in [3.05, 3.63) is 55.6 Å². The summed E-state index contributed by atoms with van der Waals surface area (Å²) in [4.78, 5) is 4.60. The molecule has 0 aliphatic heterocycles. The number of allylic oxidation sites excluding steroid dienone is 1. The quantitative estimate of drug-likeness (QED) is 0.511. The van der Waals surface area contributed by atoms with E-state index in [0.717, 1.165) is 17.2 Å². The number of rotatable bonds is 3. The summed E-state index contributed by atoms with van der Waals surface area (Å²) in [5, 5.41) is 0.994. The first kappa shape index (κ1) is 10.2. The van der Waals surface area contributed by atoms with Crippen LogP contribution in [-0.4, -0.2) is 9.55 Å². The number of benzene rings is 1. The molecule has 0 unspecified atom stereocenters. The van der Waals surface area contributed by atoms with E-state index in [0.29, 0.717) is 0 Å². The van der Waals surface area contributed by atoms with E-state index in [2.05, 4.69) is 22.2 Å². The topological polar surface area (TPSA) is 21.7 Å². The van der Waals surface area contributed by atoms with Crippen molar-refractivity contribution in [3.63, 3.8) is 0 Å². The smallest absolute Gasteiger partial charge is 0.233 e. The molecule has 0 radical (unpaired) electrons. The number of imidazole rings is 1. The molecule has 2 aromatic heterocycles. The lowest BCUT2D eigenvalue weighted by molar-refractivity contribution is -0.686. The summed E-state index contributed by atoms with van der Waals surface area (Å²) < 4.78 is 5.32. The lowest BCUT2D eigenvalue weighted by Gasteiger charge is -1.86. The molecule has 0 aliphatic carbocycles. The molecule has 4 heteroatoms. The maximum atomic E-state index is 4.60. The van der Waals surface area contributed by atoms with Gasteiger partial charge >= 0.3 is 0 Å². The van der Waals surface area contributed by atoms with Crippen LogP contribution in [0.4, 0.5) is 0 Å². The Bertz CT molecular complexity index is 633. The van der Waals surface area contributed by atoms with E-state index in [-0.39, 0.29) is 0 Å². The molecular weight excluding hydrogens is 230 g/mol. The average Bonchev–Trinajstić information content (AvgIpc) is 2.94. The minimum absolute atomic E-state index is 0.817. The zero-order chi connectivity index (χ0) is 11.7. The zero-order valence-corrected chi connectivity index (χ0v) is 10.1. The lowest BCUT2D eigenvalue weighted by atomic mass is 10.3. The Morgan fingerprint density at radius 2 is 2.29 bits per heavy atom. The van der Waals surface area contributed by atoms with Crippen LogP contribution < -0.4 is 4.57 Å². The van der Waals surface area contributed by atoms with Crippen molar-refractivity contribution in [2.24, 2.45) is 0 Å². The third-order valence-electron chi connectivity index (χ3n) is 2.53. The number of para-hydroxylation sites is 1. The van der Waals surface area contributed by atoms with Gasteiger partial charge in [0.25, 0.3) is 11.5 Å². The van der Waals surface area contributed by atoms with Crippen LogP contribution in [0.3, 0.4) is 0 Å². The highest BCUT2D eigenvalue weighted by molar-refractivity contribution is 7.20. The van der Waals surface area contributed by atoms with Crippen molar-refractivity contribution >= 4 is 21.6 Å². The fraction of sp³-hybridized carbons (Fsp3) is 0.0769. The van der Waals surface area contributed by atoms with E-state index in [4.69, 9.17) is 0 Å². The second-order valence-electron chi connectivity index (χ2n) is 3.77. The summed E-state index contributed by atoms with van der Waals surface area (Å²) in [5.74, 6) is 0. The van der Waals surface area contributed by atoms with E-state index in [9.17, 15) is 0 Å². The molecule has 84 valence electrons. The number of thiazole rings is 1. The van der Waals surface area contributed by atoms with E-state index in [1.165, 1.54) is 4.70 Å². The van der Waals surface area contributed by atoms with Crippen molar-refractivity contribution in [3.8, 4) is 5.13 Å². The summed E-state index contributed by atoms with van der Waals surface area (Å²) in [6.45, 7) is 4.55. The van der Waals surface area contributed by atoms with Crippen LogP contribution >= 0.6 is 11.3 Å². The molecule has 0 spiro atoms. The van der Waals surface area contributed by atoms with Gasteiger partial charge in [-0.15, -0.1) is 0 Å². The highest BCUT2D eigenvalue weighted by Crippen LogP contribution is 2.23. The van der Waals surface area contributed by atoms with Gasteiger partial charge in [0.1, 0.15) is 18.9 Å². The molecule has 17 heavy (non-hydrogen) atoms. The Labute approximate surface area is 103 Å². The Morgan fingerprint density at radius 3 is 3.12 bits per heavy atom. The molecule has 0 bridgehead atoms. The number of hydrogen-bond donors (Lipinski definition) is 0. The molecule has 0 amide bonds. The van der Waals surface area contributed by atoms with Crippen molar-refractivity contribution in [1.29, 1.82) is 0 Å². The SMILES string of the molecule is C=CC[n+]1ccn(-c2nc3ccccc3s2)c1.